The van der Waals surface area contributed by atoms with E-state index in [-0.39, 0.29) is 22.8 Å². The highest BCUT2D eigenvalue weighted by Gasteiger charge is 2.46. The van der Waals surface area contributed by atoms with Gasteiger partial charge in [-0.1, -0.05) is 92.2 Å². The van der Waals surface area contributed by atoms with E-state index in [4.69, 9.17) is 0 Å². The van der Waals surface area contributed by atoms with E-state index in [1.165, 1.54) is 0 Å². The number of ketones is 1. The van der Waals surface area contributed by atoms with Crippen LogP contribution in [-0.2, 0) is 4.79 Å². The molecule has 1 atom stereocenters. The van der Waals surface area contributed by atoms with Crippen LogP contribution in [0.25, 0.3) is 5.76 Å². The molecule has 2 N–H and O–H groups in total. The summed E-state index contributed by atoms with van der Waals surface area (Å²) in [5.41, 5.74) is 5.22. The molecule has 2 aliphatic rings. The molecule has 5 rings (SSSR count). The summed E-state index contributed by atoms with van der Waals surface area (Å²) in [4.78, 5) is 15.7. The van der Waals surface area contributed by atoms with Gasteiger partial charge >= 0.3 is 0 Å². The molecule has 3 aromatic rings. The lowest BCUT2D eigenvalue weighted by atomic mass is 9.67. The van der Waals surface area contributed by atoms with Gasteiger partial charge in [-0.15, -0.1) is 0 Å². The summed E-state index contributed by atoms with van der Waals surface area (Å²) >= 11 is 0. The molecule has 4 nitrogen and oxygen atoms in total. The lowest BCUT2D eigenvalue weighted by molar-refractivity contribution is -0.118. The minimum atomic E-state index is -0.511. The maximum absolute atomic E-state index is 13.8. The first-order valence-electron chi connectivity index (χ1n) is 12.0. The Balaban J connectivity index is 1.84. The van der Waals surface area contributed by atoms with Crippen molar-refractivity contribution in [1.29, 1.82) is 5.41 Å². The van der Waals surface area contributed by atoms with Crippen molar-refractivity contribution in [3.05, 3.63) is 118 Å². The van der Waals surface area contributed by atoms with Gasteiger partial charge in [0.15, 0.2) is 5.78 Å². The third kappa shape index (κ3) is 4.10. The molecule has 0 spiro atoms. The molecule has 176 valence electrons. The Morgan fingerprint density at radius 3 is 2.14 bits per heavy atom. The second-order valence-electron chi connectivity index (χ2n) is 10.3. The van der Waals surface area contributed by atoms with Crippen LogP contribution in [0.4, 0.5) is 5.69 Å². The van der Waals surface area contributed by atoms with E-state index in [1.807, 2.05) is 96.8 Å². The summed E-state index contributed by atoms with van der Waals surface area (Å²) in [7, 11) is 0. The smallest absolute Gasteiger partial charge is 0.162 e. The number of nitrogens with one attached hydrogen (secondary N) is 1. The van der Waals surface area contributed by atoms with Crippen LogP contribution in [-0.4, -0.2) is 16.7 Å². The number of aliphatic hydroxyl groups is 1. The molecule has 0 amide bonds. The number of allylic oxidation sites excluding steroid dienone is 2. The van der Waals surface area contributed by atoms with Crippen molar-refractivity contribution in [2.45, 2.75) is 39.5 Å². The Hall–Kier alpha value is -3.92. The zero-order valence-corrected chi connectivity index (χ0v) is 20.4. The largest absolute Gasteiger partial charge is 0.507 e. The van der Waals surface area contributed by atoms with Gasteiger partial charge in [-0.2, -0.15) is 0 Å². The Morgan fingerprint density at radius 1 is 0.914 bits per heavy atom. The SMILES string of the molecule is Cc1ccc(/C(O)=C2\C(=N)N(c3ccccc3)C3=C(C(=O)CC(C)(C)C3)[C@@H]2c2ccccc2)cc1. The molecule has 0 saturated heterocycles. The summed E-state index contributed by atoms with van der Waals surface area (Å²) in [6.45, 7) is 6.21. The maximum Gasteiger partial charge on any atom is 0.162 e. The van der Waals surface area contributed by atoms with Gasteiger partial charge in [0.25, 0.3) is 0 Å². The minimum Gasteiger partial charge on any atom is -0.507 e. The fourth-order valence-corrected chi connectivity index (χ4v) is 5.32. The number of carbonyl (C=O) groups is 1. The Kier molecular flexibility index (Phi) is 5.68. The van der Waals surface area contributed by atoms with Gasteiger partial charge in [-0.3, -0.25) is 15.1 Å². The number of nitrogens with zero attached hydrogens (tertiary/aromatic N) is 1. The van der Waals surface area contributed by atoms with Gasteiger partial charge in [0.1, 0.15) is 11.6 Å². The number of hydrogen-bond acceptors (Lipinski definition) is 3. The first kappa shape index (κ1) is 22.9. The van der Waals surface area contributed by atoms with Crippen molar-refractivity contribution in [3.8, 4) is 0 Å². The monoisotopic (exact) mass is 462 g/mol. The molecule has 0 saturated carbocycles. The lowest BCUT2D eigenvalue weighted by Gasteiger charge is -2.45. The summed E-state index contributed by atoms with van der Waals surface area (Å²) in [6.07, 6.45) is 1.11. The first-order chi connectivity index (χ1) is 16.8. The highest BCUT2D eigenvalue weighted by Crippen LogP contribution is 2.51. The van der Waals surface area contributed by atoms with Crippen molar-refractivity contribution in [1.82, 2.24) is 0 Å². The third-order valence-electron chi connectivity index (χ3n) is 6.95. The van der Waals surface area contributed by atoms with Crippen LogP contribution in [0, 0.1) is 17.7 Å². The van der Waals surface area contributed by atoms with Gasteiger partial charge in [-0.05, 0) is 36.5 Å². The zero-order chi connectivity index (χ0) is 24.7. The molecular formula is C31H30N2O2. The standard InChI is InChI=1S/C31H30N2O2/c1-20-14-16-22(17-15-20)29(35)28-26(21-10-6-4-7-11-21)27-24(18-31(2,3)19-25(27)34)33(30(28)32)23-12-8-5-9-13-23/h4-17,26,32,35H,18-19H2,1-3H3/b29-28+,32-30?/t26-/m0/s1. The number of hydrogen-bond donors (Lipinski definition) is 2. The third-order valence-corrected chi connectivity index (χ3v) is 6.95. The average Bonchev–Trinajstić information content (AvgIpc) is 2.84. The lowest BCUT2D eigenvalue weighted by Crippen LogP contribution is -2.45. The van der Waals surface area contributed by atoms with Crippen molar-refractivity contribution in [2.75, 3.05) is 4.90 Å². The van der Waals surface area contributed by atoms with Gasteiger partial charge in [0, 0.05) is 40.4 Å². The molecule has 0 unspecified atom stereocenters. The average molecular weight is 463 g/mol. The molecule has 0 radical (unpaired) electrons. The van der Waals surface area contributed by atoms with Crippen LogP contribution in [0.5, 0.6) is 0 Å². The predicted molar refractivity (Wildman–Crippen MR) is 142 cm³/mol. The molecule has 35 heavy (non-hydrogen) atoms. The van der Waals surface area contributed by atoms with E-state index in [2.05, 4.69) is 13.8 Å². The summed E-state index contributed by atoms with van der Waals surface area (Å²) < 4.78 is 0. The highest BCUT2D eigenvalue weighted by atomic mass is 16.3. The first-order valence-corrected chi connectivity index (χ1v) is 12.0. The molecule has 1 aliphatic carbocycles. The maximum atomic E-state index is 13.8. The van der Waals surface area contributed by atoms with Gasteiger partial charge in [0.2, 0.25) is 0 Å². The number of aliphatic hydroxyl groups excluding tert-OH is 1. The number of rotatable bonds is 3. The number of aryl methyl sites for hydroxylation is 1. The van der Waals surface area contributed by atoms with Crippen LogP contribution in [0.15, 0.2) is 102 Å². The molecule has 3 aromatic carbocycles. The summed E-state index contributed by atoms with van der Waals surface area (Å²) in [6, 6.07) is 27.2. The van der Waals surface area contributed by atoms with Crippen molar-refractivity contribution in [3.63, 3.8) is 0 Å². The van der Waals surface area contributed by atoms with E-state index < -0.39 is 5.92 Å². The Morgan fingerprint density at radius 2 is 1.51 bits per heavy atom. The van der Waals surface area contributed by atoms with Gasteiger partial charge in [-0.25, -0.2) is 0 Å². The Bertz CT molecular complexity index is 1350. The molecule has 1 aliphatic heterocycles. The minimum absolute atomic E-state index is 0.0361. The van der Waals surface area contributed by atoms with Crippen LogP contribution in [0.1, 0.15) is 49.3 Å². The van der Waals surface area contributed by atoms with Crippen LogP contribution >= 0.6 is 0 Å². The quantitative estimate of drug-likeness (QED) is 0.405. The number of benzene rings is 3. The number of amidine groups is 1. The number of para-hydroxylation sites is 1. The Labute approximate surface area is 206 Å². The molecule has 0 bridgehead atoms. The predicted octanol–water partition coefficient (Wildman–Crippen LogP) is 7.19. The normalized spacial score (nSPS) is 21.1. The van der Waals surface area contributed by atoms with Gasteiger partial charge in [0.05, 0.1) is 0 Å². The molecular weight excluding hydrogens is 432 g/mol. The van der Waals surface area contributed by atoms with Crippen LogP contribution < -0.4 is 4.90 Å². The topological polar surface area (TPSA) is 64.4 Å². The molecule has 0 aromatic heterocycles. The number of Topliss-reactive ketones (excluding diaryl/α,β-unsaturated/α-hetero) is 1. The number of anilines is 1. The van der Waals surface area contributed by atoms with Gasteiger partial charge < -0.3 is 5.11 Å². The fourth-order valence-electron chi connectivity index (χ4n) is 5.32. The highest BCUT2D eigenvalue weighted by molar-refractivity contribution is 6.19. The van der Waals surface area contributed by atoms with Crippen molar-refractivity contribution in [2.24, 2.45) is 5.41 Å². The number of carbonyl (C=O) groups excluding carboxylic acids is 1. The van der Waals surface area contributed by atoms with Crippen molar-refractivity contribution >= 4 is 23.1 Å². The van der Waals surface area contributed by atoms with E-state index in [9.17, 15) is 15.3 Å². The molecule has 1 heterocycles. The molecule has 4 heteroatoms. The van der Waals surface area contributed by atoms with E-state index in [0.717, 1.165) is 22.5 Å². The second kappa shape index (κ2) is 8.70. The van der Waals surface area contributed by atoms with Crippen molar-refractivity contribution < 1.29 is 9.90 Å². The summed E-state index contributed by atoms with van der Waals surface area (Å²) in [5.74, 6) is -0.197. The van der Waals surface area contributed by atoms with Crippen LogP contribution in [0.2, 0.25) is 0 Å². The van der Waals surface area contributed by atoms with E-state index >= 15 is 0 Å². The fraction of sp³-hybridized carbons (Fsp3) is 0.226. The zero-order valence-electron chi connectivity index (χ0n) is 20.4. The van der Waals surface area contributed by atoms with E-state index in [1.54, 1.807) is 0 Å². The summed E-state index contributed by atoms with van der Waals surface area (Å²) in [5, 5.41) is 21.1. The second-order valence-corrected chi connectivity index (χ2v) is 10.3. The van der Waals surface area contributed by atoms with Crippen LogP contribution in [0.3, 0.4) is 0 Å². The molecule has 0 fully saturated rings. The van der Waals surface area contributed by atoms with E-state index in [0.29, 0.717) is 29.6 Å².